The van der Waals surface area contributed by atoms with Crippen LogP contribution in [0.25, 0.3) is 10.9 Å². The van der Waals surface area contributed by atoms with Crippen LogP contribution in [0.5, 0.6) is 0 Å². The Morgan fingerprint density at radius 1 is 1.21 bits per heavy atom. The number of benzene rings is 2. The van der Waals surface area contributed by atoms with Crippen molar-refractivity contribution < 1.29 is 17.2 Å². The number of halogens is 2. The molecule has 0 aliphatic carbocycles. The maximum atomic E-state index is 14.9. The number of aryl methyl sites for hydroxylation is 3. The van der Waals surface area contributed by atoms with E-state index in [2.05, 4.69) is 10.3 Å². The Labute approximate surface area is 166 Å². The highest BCUT2D eigenvalue weighted by Crippen LogP contribution is 2.30. The Balaban J connectivity index is 1.98. The third kappa shape index (κ3) is 4.43. The van der Waals surface area contributed by atoms with Gasteiger partial charge < -0.3 is 9.88 Å². The Hall–Kier alpha value is -2.85. The van der Waals surface area contributed by atoms with Crippen LogP contribution in [-0.4, -0.2) is 23.7 Å². The van der Waals surface area contributed by atoms with Gasteiger partial charge in [-0.2, -0.15) is 0 Å². The van der Waals surface area contributed by atoms with Crippen molar-refractivity contribution in [1.29, 1.82) is 0 Å². The van der Waals surface area contributed by atoms with Crippen LogP contribution in [0, 0.1) is 18.6 Å². The summed E-state index contributed by atoms with van der Waals surface area (Å²) in [6.45, 7) is 1.67. The van der Waals surface area contributed by atoms with Gasteiger partial charge in [-0.3, -0.25) is 4.79 Å². The number of aromatic nitrogens is 2. The van der Waals surface area contributed by atoms with Gasteiger partial charge in [0.05, 0.1) is 23.0 Å². The quantitative estimate of drug-likeness (QED) is 0.635. The first-order chi connectivity index (χ1) is 13.6. The fourth-order valence-electron chi connectivity index (χ4n) is 3.09. The summed E-state index contributed by atoms with van der Waals surface area (Å²) in [5.41, 5.74) is 0.870. The van der Waals surface area contributed by atoms with E-state index in [0.717, 1.165) is 6.07 Å². The largest absolute Gasteiger partial charge is 0.350 e. The Kier molecular flexibility index (Phi) is 5.67. The minimum atomic E-state index is -3.66. The van der Waals surface area contributed by atoms with Crippen LogP contribution in [-0.2, 0) is 23.5 Å². The molecule has 0 saturated carbocycles. The number of hydrogen-bond acceptors (Lipinski definition) is 5. The van der Waals surface area contributed by atoms with Crippen LogP contribution in [0.3, 0.4) is 0 Å². The third-order valence-electron chi connectivity index (χ3n) is 4.65. The molecule has 3 aromatic rings. The number of primary sulfonamides is 1. The molecule has 0 radical (unpaired) electrons. The lowest BCUT2D eigenvalue weighted by molar-refractivity contribution is 0.575. The van der Waals surface area contributed by atoms with E-state index < -0.39 is 21.7 Å². The van der Waals surface area contributed by atoms with Gasteiger partial charge in [-0.05, 0) is 49.1 Å². The zero-order valence-corrected chi connectivity index (χ0v) is 16.7. The van der Waals surface area contributed by atoms with Crippen LogP contribution in [0.2, 0.25) is 0 Å². The van der Waals surface area contributed by atoms with Crippen molar-refractivity contribution >= 4 is 32.3 Å². The predicted octanol–water partition coefficient (Wildman–Crippen LogP) is 2.48. The molecule has 10 heteroatoms. The van der Waals surface area contributed by atoms with Crippen molar-refractivity contribution in [3.8, 4) is 0 Å². The van der Waals surface area contributed by atoms with E-state index in [-0.39, 0.29) is 35.4 Å². The van der Waals surface area contributed by atoms with Crippen molar-refractivity contribution in [2.75, 3.05) is 11.1 Å². The van der Waals surface area contributed by atoms with Crippen molar-refractivity contribution in [2.45, 2.75) is 19.8 Å². The Morgan fingerprint density at radius 2 is 1.93 bits per heavy atom. The predicted molar refractivity (Wildman–Crippen MR) is 108 cm³/mol. The van der Waals surface area contributed by atoms with Crippen molar-refractivity contribution in [1.82, 2.24) is 9.55 Å². The molecule has 29 heavy (non-hydrogen) atoms. The molecule has 0 bridgehead atoms. The smallest absolute Gasteiger partial charge is 0.261 e. The highest BCUT2D eigenvalue weighted by atomic mass is 32.2. The number of sulfonamides is 1. The minimum Gasteiger partial charge on any atom is -0.350 e. The van der Waals surface area contributed by atoms with Gasteiger partial charge in [0.25, 0.3) is 5.56 Å². The Bertz CT molecular complexity index is 1260. The van der Waals surface area contributed by atoms with Crippen molar-refractivity contribution in [2.24, 2.45) is 12.2 Å². The molecule has 7 nitrogen and oxygen atoms in total. The van der Waals surface area contributed by atoms with Gasteiger partial charge in [0.15, 0.2) is 5.82 Å². The Morgan fingerprint density at radius 3 is 2.62 bits per heavy atom. The third-order valence-corrected chi connectivity index (χ3v) is 5.51. The van der Waals surface area contributed by atoms with Crippen LogP contribution >= 0.6 is 0 Å². The fourth-order valence-corrected chi connectivity index (χ4v) is 3.64. The zero-order chi connectivity index (χ0) is 21.3. The summed E-state index contributed by atoms with van der Waals surface area (Å²) < 4.78 is 52.6. The van der Waals surface area contributed by atoms with Crippen LogP contribution in [0.1, 0.15) is 17.5 Å². The second-order valence-corrected chi connectivity index (χ2v) is 8.52. The molecule has 3 N–H and O–H groups in total. The van der Waals surface area contributed by atoms with Gasteiger partial charge >= 0.3 is 0 Å². The first-order valence-electron chi connectivity index (χ1n) is 8.78. The van der Waals surface area contributed by atoms with E-state index in [0.29, 0.717) is 22.2 Å². The van der Waals surface area contributed by atoms with E-state index in [1.165, 1.54) is 17.0 Å². The average molecular weight is 422 g/mol. The summed E-state index contributed by atoms with van der Waals surface area (Å²) in [5.74, 6) is -1.93. The van der Waals surface area contributed by atoms with E-state index in [1.54, 1.807) is 26.1 Å². The molecule has 2 aromatic carbocycles. The molecule has 0 amide bonds. The van der Waals surface area contributed by atoms with E-state index in [1.807, 2.05) is 0 Å². The molecule has 1 aromatic heterocycles. The molecule has 0 saturated heterocycles. The first-order valence-corrected chi connectivity index (χ1v) is 10.5. The van der Waals surface area contributed by atoms with Crippen molar-refractivity contribution in [3.05, 3.63) is 63.7 Å². The van der Waals surface area contributed by atoms with Gasteiger partial charge in [-0.1, -0.05) is 6.07 Å². The molecule has 0 fully saturated rings. The lowest BCUT2D eigenvalue weighted by Gasteiger charge is -2.15. The van der Waals surface area contributed by atoms with Gasteiger partial charge in [0.2, 0.25) is 10.0 Å². The van der Waals surface area contributed by atoms with E-state index >= 15 is 0 Å². The highest BCUT2D eigenvalue weighted by Gasteiger charge is 2.17. The fraction of sp³-hybridized carbons (Fsp3) is 0.263. The highest BCUT2D eigenvalue weighted by molar-refractivity contribution is 7.89. The maximum Gasteiger partial charge on any atom is 0.261 e. The SMILES string of the molecule is Cc1c(Nc2c(F)ccc(CCCS(N)(=O)=O)c2F)ccc2ncn(C)c(=O)c12. The monoisotopic (exact) mass is 422 g/mol. The van der Waals surface area contributed by atoms with E-state index in [4.69, 9.17) is 5.14 Å². The molecule has 0 spiro atoms. The number of hydrogen-bond donors (Lipinski definition) is 2. The maximum absolute atomic E-state index is 14.9. The van der Waals surface area contributed by atoms with Crippen molar-refractivity contribution in [3.63, 3.8) is 0 Å². The average Bonchev–Trinajstić information content (AvgIpc) is 2.64. The summed E-state index contributed by atoms with van der Waals surface area (Å²) in [5, 5.41) is 8.03. The van der Waals surface area contributed by atoms with Crippen LogP contribution < -0.4 is 16.0 Å². The zero-order valence-electron chi connectivity index (χ0n) is 15.9. The number of nitrogens with two attached hydrogens (primary N) is 1. The van der Waals surface area contributed by atoms with Gasteiger partial charge in [0, 0.05) is 12.7 Å². The second kappa shape index (κ2) is 7.88. The molecule has 0 atom stereocenters. The summed E-state index contributed by atoms with van der Waals surface area (Å²) in [7, 11) is -2.09. The second-order valence-electron chi connectivity index (χ2n) is 6.78. The van der Waals surface area contributed by atoms with Crippen LogP contribution in [0.4, 0.5) is 20.2 Å². The van der Waals surface area contributed by atoms with E-state index in [9.17, 15) is 22.0 Å². The standard InChI is InChI=1S/C19H20F2N4O3S/c1-11-14(7-8-15-16(11)19(26)25(2)10-23-15)24-18-13(20)6-5-12(17(18)21)4-3-9-29(22,27)28/h5-8,10,24H,3-4,9H2,1-2H3,(H2,22,27,28). The summed E-state index contributed by atoms with van der Waals surface area (Å²) in [6.07, 6.45) is 1.59. The molecule has 0 unspecified atom stereocenters. The molecule has 3 rings (SSSR count). The summed E-state index contributed by atoms with van der Waals surface area (Å²) in [4.78, 5) is 16.6. The number of rotatable bonds is 6. The lowest BCUT2D eigenvalue weighted by atomic mass is 10.1. The molecule has 0 aliphatic heterocycles. The molecule has 0 aliphatic rings. The topological polar surface area (TPSA) is 107 Å². The molecular weight excluding hydrogens is 402 g/mol. The molecular formula is C19H20F2N4O3S. The van der Waals surface area contributed by atoms with Gasteiger partial charge in [0.1, 0.15) is 11.5 Å². The van der Waals surface area contributed by atoms with Gasteiger partial charge in [-0.25, -0.2) is 27.3 Å². The molecule has 154 valence electrons. The summed E-state index contributed by atoms with van der Waals surface area (Å²) >= 11 is 0. The number of nitrogens with one attached hydrogen (secondary N) is 1. The van der Waals surface area contributed by atoms with Crippen LogP contribution in [0.15, 0.2) is 35.4 Å². The van der Waals surface area contributed by atoms with Gasteiger partial charge in [-0.15, -0.1) is 0 Å². The minimum absolute atomic E-state index is 0.0817. The first kappa shape index (κ1) is 20.9. The summed E-state index contributed by atoms with van der Waals surface area (Å²) in [6, 6.07) is 5.56. The number of anilines is 2. The number of nitrogens with zero attached hydrogens (tertiary/aromatic N) is 2. The number of fused-ring (bicyclic) bond motifs is 1. The lowest BCUT2D eigenvalue weighted by Crippen LogP contribution is -2.18. The molecule has 1 heterocycles. The normalized spacial score (nSPS) is 11.8.